The predicted octanol–water partition coefficient (Wildman–Crippen LogP) is 10.2. The smallest absolute Gasteiger partial charge is 0.135 e. The molecule has 2 heterocycles. The first-order chi connectivity index (χ1) is 22.2. The fourth-order valence-electron chi connectivity index (χ4n) is 5.18. The van der Waals surface area contributed by atoms with Crippen molar-refractivity contribution in [3.63, 3.8) is 0 Å². The van der Waals surface area contributed by atoms with Crippen LogP contribution in [0.3, 0.4) is 0 Å². The van der Waals surface area contributed by atoms with Gasteiger partial charge in [0.15, 0.2) is 0 Å². The number of hydrogen-bond acceptors (Lipinski definition) is 5. The van der Waals surface area contributed by atoms with Gasteiger partial charge in [0.1, 0.15) is 5.82 Å². The van der Waals surface area contributed by atoms with Gasteiger partial charge in [-0.25, -0.2) is 4.98 Å². The summed E-state index contributed by atoms with van der Waals surface area (Å²) < 4.78 is 30.8. The number of anilines is 6. The van der Waals surface area contributed by atoms with Crippen LogP contribution in [0, 0.1) is 18.8 Å². The molecular weight excluding hydrogens is 736 g/mol. The first kappa shape index (κ1) is 28.4. The molecule has 0 amide bonds. The van der Waals surface area contributed by atoms with Gasteiger partial charge in [0.25, 0.3) is 0 Å². The van der Waals surface area contributed by atoms with Crippen molar-refractivity contribution in [3.8, 4) is 11.5 Å². The van der Waals surface area contributed by atoms with E-state index >= 15 is 0 Å². The zero-order valence-electron chi connectivity index (χ0n) is 29.4. The molecule has 4 aromatic carbocycles. The number of benzene rings is 4. The van der Waals surface area contributed by atoms with Crippen molar-refractivity contribution in [2.75, 3.05) is 21.7 Å². The molecule has 0 radical (unpaired) electrons. The Bertz CT molecular complexity index is 1880. The van der Waals surface area contributed by atoms with Crippen LogP contribution in [0.1, 0.15) is 56.8 Å². The number of fused-ring (bicyclic) bond motifs is 1. The third-order valence-corrected chi connectivity index (χ3v) is 7.67. The van der Waals surface area contributed by atoms with Gasteiger partial charge in [-0.3, -0.25) is 0 Å². The summed E-state index contributed by atoms with van der Waals surface area (Å²) in [6.07, 6.45) is 1.85. The summed E-state index contributed by atoms with van der Waals surface area (Å²) in [6.45, 7) is 12.2. The number of pyridine rings is 1. The van der Waals surface area contributed by atoms with Gasteiger partial charge < -0.3 is 19.4 Å². The zero-order chi connectivity index (χ0) is 33.6. The third-order valence-electron chi connectivity index (χ3n) is 7.67. The molecule has 1 aromatic heterocycles. The van der Waals surface area contributed by atoms with E-state index in [1.807, 2.05) is 90.0 Å². The van der Waals surface area contributed by atoms with Gasteiger partial charge in [0.2, 0.25) is 0 Å². The summed E-state index contributed by atoms with van der Waals surface area (Å²) in [5, 5.41) is 0. The van der Waals surface area contributed by atoms with Crippen LogP contribution in [0.4, 0.5) is 34.3 Å². The Morgan fingerprint density at radius 3 is 2.16 bits per heavy atom. The van der Waals surface area contributed by atoms with Crippen LogP contribution in [0.15, 0.2) is 103 Å². The quantitative estimate of drug-likeness (QED) is 0.160. The molecule has 0 saturated heterocycles. The molecule has 0 aliphatic carbocycles. The van der Waals surface area contributed by atoms with Crippen molar-refractivity contribution in [1.29, 1.82) is 0 Å². The number of hydrogen-bond donors (Lipinski definition) is 0. The summed E-state index contributed by atoms with van der Waals surface area (Å²) in [4.78, 5) is 9.99. The number of para-hydroxylation sites is 1. The van der Waals surface area contributed by atoms with E-state index in [-0.39, 0.29) is 31.9 Å². The maximum absolute atomic E-state index is 8.15. The number of aromatic nitrogens is 1. The van der Waals surface area contributed by atoms with E-state index in [1.165, 1.54) is 10.5 Å². The van der Waals surface area contributed by atoms with E-state index in [9.17, 15) is 0 Å². The Morgan fingerprint density at radius 1 is 0.756 bits per heavy atom. The molecule has 234 valence electrons. The van der Waals surface area contributed by atoms with Crippen LogP contribution in [-0.4, -0.2) is 12.0 Å². The Labute approximate surface area is 287 Å². The standard InChI is InChI=1S/C39H39N4O.Pt/c1-38(2,3)28-19-20-35-36(23-28)42(27-41(35)7)31-15-11-17-33(25-31)44-34-18-12-16-32(26-34)43(30-13-9-8-10-14-30)37-24-29(21-22-40-37)39(4,5)6;/h8-24,27H,1-7H3;/q-3;/i7D3;. The van der Waals surface area contributed by atoms with Crippen molar-refractivity contribution < 1.29 is 29.9 Å². The van der Waals surface area contributed by atoms with Gasteiger partial charge in [-0.05, 0) is 65.3 Å². The molecule has 0 unspecified atom stereocenters. The van der Waals surface area contributed by atoms with E-state index in [1.54, 1.807) is 6.67 Å². The second-order valence-corrected chi connectivity index (χ2v) is 13.0. The van der Waals surface area contributed by atoms with E-state index in [2.05, 4.69) is 76.8 Å². The van der Waals surface area contributed by atoms with Crippen LogP contribution in [-0.2, 0) is 31.9 Å². The number of nitrogens with zero attached hydrogens (tertiary/aromatic N) is 4. The largest absolute Gasteiger partial charge is 0.509 e. The van der Waals surface area contributed by atoms with Crippen LogP contribution >= 0.6 is 0 Å². The topological polar surface area (TPSA) is 31.8 Å². The minimum absolute atomic E-state index is 0. The molecule has 1 aliphatic rings. The molecule has 0 N–H and O–H groups in total. The van der Waals surface area contributed by atoms with Gasteiger partial charge in [0.05, 0.1) is 0 Å². The summed E-state index contributed by atoms with van der Waals surface area (Å²) in [5.41, 5.74) is 5.90. The van der Waals surface area contributed by atoms with Gasteiger partial charge in [-0.15, -0.1) is 42.1 Å². The molecular formula is C39H39N4OPt-3. The SMILES string of the molecule is [2H]C([2H])([2H])N1[CH-]N(c2[c-]c(Oc3[c-]c(N(c4ccccc4)c4cc(C(C)(C)C)ccn4)ccc3)ccc2)c2cc(C(C)(C)C)ccc21.[Pt]. The van der Waals surface area contributed by atoms with Crippen molar-refractivity contribution in [2.24, 2.45) is 0 Å². The molecule has 0 bridgehead atoms. The second kappa shape index (κ2) is 12.7. The summed E-state index contributed by atoms with van der Waals surface area (Å²) in [7, 11) is 0. The third kappa shape index (κ3) is 6.94. The van der Waals surface area contributed by atoms with Gasteiger partial charge >= 0.3 is 0 Å². The van der Waals surface area contributed by atoms with Crippen LogP contribution in [0.2, 0.25) is 0 Å². The van der Waals surface area contributed by atoms with Crippen LogP contribution in [0.25, 0.3) is 0 Å². The monoisotopic (exact) mass is 777 g/mol. The Balaban J connectivity index is 0.00000451. The molecule has 6 heteroatoms. The predicted molar refractivity (Wildman–Crippen MR) is 182 cm³/mol. The van der Waals surface area contributed by atoms with Crippen molar-refractivity contribution >= 4 is 34.3 Å². The minimum atomic E-state index is -2.35. The van der Waals surface area contributed by atoms with Crippen molar-refractivity contribution in [1.82, 2.24) is 4.98 Å². The second-order valence-electron chi connectivity index (χ2n) is 13.0. The zero-order valence-corrected chi connectivity index (χ0v) is 28.7. The van der Waals surface area contributed by atoms with E-state index in [0.717, 1.165) is 28.4 Å². The minimum Gasteiger partial charge on any atom is -0.509 e. The Hall–Kier alpha value is -4.08. The average molecular weight is 778 g/mol. The first-order valence-corrected chi connectivity index (χ1v) is 14.8. The van der Waals surface area contributed by atoms with Gasteiger partial charge in [-0.2, -0.15) is 18.8 Å². The summed E-state index contributed by atoms with van der Waals surface area (Å²) >= 11 is 0. The van der Waals surface area contributed by atoms with Crippen molar-refractivity contribution in [2.45, 2.75) is 52.4 Å². The molecule has 5 nitrogen and oxygen atoms in total. The molecule has 0 saturated carbocycles. The fourth-order valence-corrected chi connectivity index (χ4v) is 5.18. The van der Waals surface area contributed by atoms with E-state index in [4.69, 9.17) is 13.8 Å². The molecule has 0 fully saturated rings. The molecule has 45 heavy (non-hydrogen) atoms. The maximum atomic E-state index is 8.15. The molecule has 0 atom stereocenters. The average Bonchev–Trinajstić information content (AvgIpc) is 3.42. The van der Waals surface area contributed by atoms with Gasteiger partial charge in [0, 0.05) is 59.9 Å². The maximum Gasteiger partial charge on any atom is 0.135 e. The summed E-state index contributed by atoms with van der Waals surface area (Å²) in [5.74, 6) is 1.76. The van der Waals surface area contributed by atoms with Crippen LogP contribution in [0.5, 0.6) is 11.5 Å². The van der Waals surface area contributed by atoms with E-state index in [0.29, 0.717) is 22.9 Å². The first-order valence-electron chi connectivity index (χ1n) is 16.3. The van der Waals surface area contributed by atoms with Crippen molar-refractivity contribution in [3.05, 3.63) is 133 Å². The Kier molecular flexibility index (Phi) is 8.03. The molecule has 0 spiro atoms. The normalized spacial score (nSPS) is 14.1. The van der Waals surface area contributed by atoms with E-state index < -0.39 is 6.98 Å². The molecule has 1 aliphatic heterocycles. The fraction of sp³-hybridized carbons (Fsp3) is 0.231. The van der Waals surface area contributed by atoms with Crippen LogP contribution < -0.4 is 19.4 Å². The molecule has 5 aromatic rings. The number of rotatable bonds is 6. The Morgan fingerprint density at radius 2 is 1.44 bits per heavy atom. The summed E-state index contributed by atoms with van der Waals surface area (Å²) in [6, 6.07) is 38.4. The molecule has 6 rings (SSSR count). The number of ether oxygens (including phenoxy) is 1. The van der Waals surface area contributed by atoms with Gasteiger partial charge in [-0.1, -0.05) is 71.5 Å².